The molecular formula is C28H29N3O2S. The second-order valence-electron chi connectivity index (χ2n) is 7.97. The minimum Gasteiger partial charge on any atom is -0.461 e. The van der Waals surface area contributed by atoms with Crippen LogP contribution in [0.25, 0.3) is 10.6 Å². The number of hydrogen-bond acceptors (Lipinski definition) is 6. The Bertz CT molecular complexity index is 1130. The van der Waals surface area contributed by atoms with Crippen molar-refractivity contribution in [2.75, 3.05) is 6.61 Å². The molecule has 0 aliphatic rings. The number of hydrogen-bond donors (Lipinski definition) is 2. The van der Waals surface area contributed by atoms with Crippen molar-refractivity contribution in [2.24, 2.45) is 0 Å². The minimum atomic E-state index is -0.379. The van der Waals surface area contributed by atoms with Gasteiger partial charge in [0.25, 0.3) is 0 Å². The minimum absolute atomic E-state index is 0.339. The summed E-state index contributed by atoms with van der Waals surface area (Å²) >= 11 is 1.46. The van der Waals surface area contributed by atoms with Gasteiger partial charge in [-0.05, 0) is 41.3 Å². The van der Waals surface area contributed by atoms with Crippen molar-refractivity contribution in [3.63, 3.8) is 0 Å². The van der Waals surface area contributed by atoms with Crippen molar-refractivity contribution in [1.29, 1.82) is 0 Å². The molecule has 1 heterocycles. The van der Waals surface area contributed by atoms with E-state index in [0.29, 0.717) is 12.3 Å². The van der Waals surface area contributed by atoms with Crippen molar-refractivity contribution in [3.8, 4) is 10.6 Å². The number of ether oxygens (including phenoxy) is 1. The summed E-state index contributed by atoms with van der Waals surface area (Å²) in [6.07, 6.45) is 0. The molecule has 0 unspecified atom stereocenters. The van der Waals surface area contributed by atoms with Crippen LogP contribution < -0.4 is 10.6 Å². The molecule has 0 aliphatic carbocycles. The molecule has 0 saturated carbocycles. The van der Waals surface area contributed by atoms with Crippen LogP contribution in [0.15, 0.2) is 84.2 Å². The first kappa shape index (κ1) is 23.8. The lowest BCUT2D eigenvalue weighted by Gasteiger charge is -2.11. The molecule has 6 heteroatoms. The molecule has 4 rings (SSSR count). The standard InChI is InChI=1S/C28H29N3O2S/c1-2-33-28(32)26-20-34-27(31-26)25-14-23(18-29-16-21-9-5-3-6-10-21)13-24(15-25)19-30-17-22-11-7-4-8-12-22/h3-15,20,29-30H,2,16-19H2,1H3. The number of esters is 1. The highest BCUT2D eigenvalue weighted by atomic mass is 32.1. The largest absolute Gasteiger partial charge is 0.461 e. The first-order chi connectivity index (χ1) is 16.7. The molecular weight excluding hydrogens is 442 g/mol. The van der Waals surface area contributed by atoms with E-state index in [9.17, 15) is 4.79 Å². The lowest BCUT2D eigenvalue weighted by molar-refractivity contribution is 0.0520. The number of thiazole rings is 1. The van der Waals surface area contributed by atoms with Gasteiger partial charge < -0.3 is 15.4 Å². The van der Waals surface area contributed by atoms with Crippen molar-refractivity contribution in [2.45, 2.75) is 33.1 Å². The fourth-order valence-corrected chi connectivity index (χ4v) is 4.47. The number of nitrogens with one attached hydrogen (secondary N) is 2. The van der Waals surface area contributed by atoms with Gasteiger partial charge in [0, 0.05) is 37.1 Å². The van der Waals surface area contributed by atoms with Gasteiger partial charge in [0.15, 0.2) is 5.69 Å². The van der Waals surface area contributed by atoms with Gasteiger partial charge in [0.1, 0.15) is 5.01 Å². The predicted octanol–water partition coefficient (Wildman–Crippen LogP) is 5.57. The van der Waals surface area contributed by atoms with Gasteiger partial charge in [0.05, 0.1) is 6.61 Å². The Balaban J connectivity index is 1.49. The molecule has 0 amide bonds. The fourth-order valence-electron chi connectivity index (χ4n) is 3.69. The van der Waals surface area contributed by atoms with E-state index >= 15 is 0 Å². The van der Waals surface area contributed by atoms with Gasteiger partial charge in [0.2, 0.25) is 0 Å². The SMILES string of the molecule is CCOC(=O)c1csc(-c2cc(CNCc3ccccc3)cc(CNCc3ccccc3)c2)n1. The van der Waals surface area contributed by atoms with E-state index in [0.717, 1.165) is 36.8 Å². The number of rotatable bonds is 11. The number of benzene rings is 3. The Labute approximate surface area is 204 Å². The summed E-state index contributed by atoms with van der Waals surface area (Å²) in [6, 6.07) is 27.3. The molecule has 1 aromatic heterocycles. The molecule has 2 N–H and O–H groups in total. The maximum Gasteiger partial charge on any atom is 0.357 e. The van der Waals surface area contributed by atoms with Gasteiger partial charge in [-0.2, -0.15) is 0 Å². The van der Waals surface area contributed by atoms with E-state index in [2.05, 4.69) is 82.3 Å². The molecule has 0 fully saturated rings. The molecule has 174 valence electrons. The Morgan fingerprint density at radius 1 is 0.794 bits per heavy atom. The number of nitrogens with zero attached hydrogens (tertiary/aromatic N) is 1. The summed E-state index contributed by atoms with van der Waals surface area (Å²) in [5, 5.41) is 9.65. The van der Waals surface area contributed by atoms with Gasteiger partial charge in [-0.1, -0.05) is 66.7 Å². The summed E-state index contributed by atoms with van der Waals surface area (Å²) in [7, 11) is 0. The van der Waals surface area contributed by atoms with Crippen LogP contribution >= 0.6 is 11.3 Å². The predicted molar refractivity (Wildman–Crippen MR) is 137 cm³/mol. The maximum atomic E-state index is 12.1. The molecule has 0 radical (unpaired) electrons. The highest BCUT2D eigenvalue weighted by molar-refractivity contribution is 7.13. The smallest absolute Gasteiger partial charge is 0.357 e. The van der Waals surface area contributed by atoms with Crippen LogP contribution in [0.5, 0.6) is 0 Å². The first-order valence-corrected chi connectivity index (χ1v) is 12.3. The number of aromatic nitrogens is 1. The Morgan fingerprint density at radius 3 is 1.85 bits per heavy atom. The van der Waals surface area contributed by atoms with Gasteiger partial charge in [-0.25, -0.2) is 9.78 Å². The normalized spacial score (nSPS) is 10.9. The summed E-state index contributed by atoms with van der Waals surface area (Å²) in [4.78, 5) is 16.6. The van der Waals surface area contributed by atoms with Crippen molar-refractivity contribution in [1.82, 2.24) is 15.6 Å². The quantitative estimate of drug-likeness (QED) is 0.280. The van der Waals surface area contributed by atoms with Crippen LogP contribution in [-0.4, -0.2) is 17.6 Å². The van der Waals surface area contributed by atoms with Crippen molar-refractivity contribution >= 4 is 17.3 Å². The summed E-state index contributed by atoms with van der Waals surface area (Å²) in [6.45, 7) is 5.22. The highest BCUT2D eigenvalue weighted by Gasteiger charge is 2.14. The van der Waals surface area contributed by atoms with E-state index in [1.165, 1.54) is 33.6 Å². The van der Waals surface area contributed by atoms with Crippen LogP contribution in [-0.2, 0) is 30.9 Å². The molecule has 0 bridgehead atoms. The molecule has 0 saturated heterocycles. The van der Waals surface area contributed by atoms with Gasteiger partial charge in [-0.3, -0.25) is 0 Å². The van der Waals surface area contributed by atoms with E-state index in [-0.39, 0.29) is 5.97 Å². The Kier molecular flexibility index (Phi) is 8.57. The van der Waals surface area contributed by atoms with Crippen LogP contribution in [0.3, 0.4) is 0 Å². The lowest BCUT2D eigenvalue weighted by atomic mass is 10.1. The average Bonchev–Trinajstić information content (AvgIpc) is 3.36. The zero-order valence-electron chi connectivity index (χ0n) is 19.3. The topological polar surface area (TPSA) is 63.2 Å². The van der Waals surface area contributed by atoms with Gasteiger partial charge in [-0.15, -0.1) is 11.3 Å². The van der Waals surface area contributed by atoms with E-state index in [1.807, 2.05) is 12.1 Å². The summed E-state index contributed by atoms with van der Waals surface area (Å²) in [5.74, 6) is -0.379. The van der Waals surface area contributed by atoms with Gasteiger partial charge >= 0.3 is 5.97 Å². The molecule has 4 aromatic rings. The molecule has 3 aromatic carbocycles. The van der Waals surface area contributed by atoms with Crippen molar-refractivity contribution < 1.29 is 9.53 Å². The lowest BCUT2D eigenvalue weighted by Crippen LogP contribution is -2.15. The Morgan fingerprint density at radius 2 is 1.32 bits per heavy atom. The molecule has 34 heavy (non-hydrogen) atoms. The second-order valence-corrected chi connectivity index (χ2v) is 8.83. The first-order valence-electron chi connectivity index (χ1n) is 11.5. The third kappa shape index (κ3) is 6.84. The molecule has 0 aliphatic heterocycles. The third-order valence-electron chi connectivity index (χ3n) is 5.29. The maximum absolute atomic E-state index is 12.1. The molecule has 5 nitrogen and oxygen atoms in total. The van der Waals surface area contributed by atoms with Crippen LogP contribution in [0, 0.1) is 0 Å². The summed E-state index contributed by atoms with van der Waals surface area (Å²) in [5.41, 5.74) is 6.23. The van der Waals surface area contributed by atoms with Crippen molar-refractivity contribution in [3.05, 3.63) is 112 Å². The monoisotopic (exact) mass is 471 g/mol. The molecule has 0 atom stereocenters. The Hall–Kier alpha value is -3.32. The zero-order chi connectivity index (χ0) is 23.6. The van der Waals surface area contributed by atoms with E-state index < -0.39 is 0 Å². The zero-order valence-corrected chi connectivity index (χ0v) is 20.1. The third-order valence-corrected chi connectivity index (χ3v) is 6.18. The second kappa shape index (κ2) is 12.2. The summed E-state index contributed by atoms with van der Waals surface area (Å²) < 4.78 is 5.10. The number of carbonyl (C=O) groups is 1. The van der Waals surface area contributed by atoms with Crippen LogP contribution in [0.1, 0.15) is 39.7 Å². The van der Waals surface area contributed by atoms with Crippen LogP contribution in [0.2, 0.25) is 0 Å². The van der Waals surface area contributed by atoms with Crippen LogP contribution in [0.4, 0.5) is 0 Å². The fraction of sp³-hybridized carbons (Fsp3) is 0.214. The number of carbonyl (C=O) groups excluding carboxylic acids is 1. The van der Waals surface area contributed by atoms with E-state index in [1.54, 1.807) is 12.3 Å². The highest BCUT2D eigenvalue weighted by Crippen LogP contribution is 2.27. The molecule has 0 spiro atoms. The average molecular weight is 472 g/mol. The van der Waals surface area contributed by atoms with E-state index in [4.69, 9.17) is 4.74 Å².